The summed E-state index contributed by atoms with van der Waals surface area (Å²) >= 11 is 0. The normalized spacial score (nSPS) is 17.0. The lowest BCUT2D eigenvalue weighted by atomic mass is 10.1. The van der Waals surface area contributed by atoms with Gasteiger partial charge in [-0.05, 0) is 42.3 Å². The van der Waals surface area contributed by atoms with Crippen molar-refractivity contribution < 1.29 is 23.1 Å². The van der Waals surface area contributed by atoms with Crippen molar-refractivity contribution in [2.45, 2.75) is 11.3 Å². The molecule has 2 aromatic carbocycles. The number of carboxylic acids is 1. The third kappa shape index (κ3) is 3.26. The van der Waals surface area contributed by atoms with Crippen LogP contribution in [0, 0.1) is 0 Å². The predicted octanol–water partition coefficient (Wildman–Crippen LogP) is 1.97. The summed E-state index contributed by atoms with van der Waals surface area (Å²) in [6.07, 6.45) is 0.635. The van der Waals surface area contributed by atoms with Crippen LogP contribution in [0.15, 0.2) is 47.4 Å². The highest BCUT2D eigenvalue weighted by Gasteiger charge is 2.32. The Hall–Kier alpha value is -2.58. The topological polar surface area (TPSA) is 87.1 Å². The van der Waals surface area contributed by atoms with Crippen LogP contribution < -0.4 is 9.21 Å². The average Bonchev–Trinajstić information content (AvgIpc) is 3.13. The number of fused-ring (bicyclic) bond motifs is 1. The first-order valence-corrected chi connectivity index (χ1v) is 10.2. The first-order valence-electron chi connectivity index (χ1n) is 8.78. The largest absolute Gasteiger partial charge is 0.478 e. The number of rotatable bonds is 4. The second-order valence-corrected chi connectivity index (χ2v) is 8.43. The zero-order chi connectivity index (χ0) is 19.0. The van der Waals surface area contributed by atoms with Crippen LogP contribution in [0.5, 0.6) is 0 Å². The highest BCUT2D eigenvalue weighted by molar-refractivity contribution is 7.92. The fourth-order valence-electron chi connectivity index (χ4n) is 3.52. The lowest BCUT2D eigenvalue weighted by Crippen LogP contribution is -2.36. The molecule has 2 aliphatic rings. The highest BCUT2D eigenvalue weighted by atomic mass is 32.2. The standard InChI is InChI=1S/C19H20N2O5S/c22-19(23)15-2-1-3-17(12-15)27(24,25)21-7-6-14-4-5-16(13-18(14)21)20-8-10-26-11-9-20/h1-5,12-13H,6-11H2,(H,22,23). The van der Waals surface area contributed by atoms with Crippen LogP contribution >= 0.6 is 0 Å². The quantitative estimate of drug-likeness (QED) is 0.862. The number of carbonyl (C=O) groups is 1. The van der Waals surface area contributed by atoms with Crippen molar-refractivity contribution in [1.29, 1.82) is 0 Å². The average molecular weight is 388 g/mol. The van der Waals surface area contributed by atoms with Gasteiger partial charge in [-0.3, -0.25) is 4.31 Å². The maximum absolute atomic E-state index is 13.2. The Kier molecular flexibility index (Phi) is 4.53. The first-order chi connectivity index (χ1) is 13.0. The van der Waals surface area contributed by atoms with E-state index in [9.17, 15) is 13.2 Å². The van der Waals surface area contributed by atoms with E-state index >= 15 is 0 Å². The molecular formula is C19H20N2O5S. The molecule has 27 heavy (non-hydrogen) atoms. The number of hydrogen-bond acceptors (Lipinski definition) is 5. The fourth-order valence-corrected chi connectivity index (χ4v) is 5.06. The lowest BCUT2D eigenvalue weighted by Gasteiger charge is -2.30. The van der Waals surface area contributed by atoms with Crippen molar-refractivity contribution in [3.05, 3.63) is 53.6 Å². The molecular weight excluding hydrogens is 368 g/mol. The molecule has 0 unspecified atom stereocenters. The van der Waals surface area contributed by atoms with Crippen molar-refractivity contribution in [3.63, 3.8) is 0 Å². The minimum Gasteiger partial charge on any atom is -0.478 e. The Labute approximate surface area is 157 Å². The molecule has 142 valence electrons. The molecule has 0 atom stereocenters. The van der Waals surface area contributed by atoms with E-state index < -0.39 is 16.0 Å². The third-order valence-corrected chi connectivity index (χ3v) is 6.78. The molecule has 0 aromatic heterocycles. The summed E-state index contributed by atoms with van der Waals surface area (Å²) in [7, 11) is -3.83. The molecule has 2 aromatic rings. The summed E-state index contributed by atoms with van der Waals surface area (Å²) in [5.41, 5.74) is 2.57. The molecule has 0 spiro atoms. The molecule has 0 radical (unpaired) electrons. The van der Waals surface area contributed by atoms with E-state index in [1.54, 1.807) is 0 Å². The third-order valence-electron chi connectivity index (χ3n) is 4.97. The SMILES string of the molecule is O=C(O)c1cccc(S(=O)(=O)N2CCc3ccc(N4CCOCC4)cc32)c1. The number of nitrogens with zero attached hydrogens (tertiary/aromatic N) is 2. The predicted molar refractivity (Wildman–Crippen MR) is 101 cm³/mol. The number of morpholine rings is 1. The van der Waals surface area contributed by atoms with Gasteiger partial charge in [0.2, 0.25) is 0 Å². The lowest BCUT2D eigenvalue weighted by molar-refractivity contribution is 0.0696. The molecule has 2 aliphatic heterocycles. The second-order valence-electron chi connectivity index (χ2n) is 6.57. The molecule has 2 heterocycles. The van der Waals surface area contributed by atoms with Crippen molar-refractivity contribution >= 4 is 27.4 Å². The van der Waals surface area contributed by atoms with Gasteiger partial charge in [0.1, 0.15) is 0 Å². The van der Waals surface area contributed by atoms with Gasteiger partial charge in [0.25, 0.3) is 10.0 Å². The minimum atomic E-state index is -3.83. The summed E-state index contributed by atoms with van der Waals surface area (Å²) < 4.78 is 33.1. The molecule has 1 saturated heterocycles. The van der Waals surface area contributed by atoms with Gasteiger partial charge in [-0.25, -0.2) is 13.2 Å². The molecule has 8 heteroatoms. The molecule has 0 saturated carbocycles. The van der Waals surface area contributed by atoms with E-state index in [1.807, 2.05) is 18.2 Å². The number of carboxylic acid groups (broad SMARTS) is 1. The van der Waals surface area contributed by atoms with Crippen LogP contribution in [-0.2, 0) is 21.2 Å². The molecule has 0 aliphatic carbocycles. The molecule has 1 fully saturated rings. The number of sulfonamides is 1. The summed E-state index contributed by atoms with van der Waals surface area (Å²) in [6, 6.07) is 11.4. The number of hydrogen-bond donors (Lipinski definition) is 1. The van der Waals surface area contributed by atoms with E-state index in [4.69, 9.17) is 9.84 Å². The maximum Gasteiger partial charge on any atom is 0.335 e. The van der Waals surface area contributed by atoms with E-state index in [0.29, 0.717) is 31.9 Å². The zero-order valence-electron chi connectivity index (χ0n) is 14.7. The van der Waals surface area contributed by atoms with Gasteiger partial charge < -0.3 is 14.7 Å². The van der Waals surface area contributed by atoms with Crippen LogP contribution in [0.4, 0.5) is 11.4 Å². The van der Waals surface area contributed by atoms with Crippen LogP contribution in [0.2, 0.25) is 0 Å². The van der Waals surface area contributed by atoms with Gasteiger partial charge in [0.15, 0.2) is 0 Å². The van der Waals surface area contributed by atoms with Gasteiger partial charge in [0.05, 0.1) is 29.4 Å². The van der Waals surface area contributed by atoms with Gasteiger partial charge in [-0.1, -0.05) is 12.1 Å². The van der Waals surface area contributed by atoms with Crippen molar-refractivity contribution in [2.24, 2.45) is 0 Å². The van der Waals surface area contributed by atoms with Gasteiger partial charge in [-0.2, -0.15) is 0 Å². The number of anilines is 2. The summed E-state index contributed by atoms with van der Waals surface area (Å²) in [5.74, 6) is -1.15. The number of ether oxygens (including phenoxy) is 1. The van der Waals surface area contributed by atoms with Gasteiger partial charge >= 0.3 is 5.97 Å². The zero-order valence-corrected chi connectivity index (χ0v) is 15.5. The monoisotopic (exact) mass is 388 g/mol. The molecule has 0 bridgehead atoms. The van der Waals surface area contributed by atoms with Gasteiger partial charge in [0, 0.05) is 25.3 Å². The molecule has 1 N–H and O–H groups in total. The number of benzene rings is 2. The van der Waals surface area contributed by atoms with E-state index in [0.717, 1.165) is 24.3 Å². The maximum atomic E-state index is 13.2. The summed E-state index contributed by atoms with van der Waals surface area (Å²) in [6.45, 7) is 3.20. The van der Waals surface area contributed by atoms with Crippen LogP contribution in [0.3, 0.4) is 0 Å². The first kappa shape index (κ1) is 17.8. The van der Waals surface area contributed by atoms with Crippen LogP contribution in [0.1, 0.15) is 15.9 Å². The van der Waals surface area contributed by atoms with E-state index in [2.05, 4.69) is 4.90 Å². The van der Waals surface area contributed by atoms with Crippen LogP contribution in [-0.4, -0.2) is 52.3 Å². The Balaban J connectivity index is 1.70. The smallest absolute Gasteiger partial charge is 0.335 e. The Morgan fingerprint density at radius 1 is 1.04 bits per heavy atom. The Morgan fingerprint density at radius 2 is 1.81 bits per heavy atom. The highest BCUT2D eigenvalue weighted by Crippen LogP contribution is 2.36. The van der Waals surface area contributed by atoms with E-state index in [-0.39, 0.29) is 10.5 Å². The fraction of sp³-hybridized carbons (Fsp3) is 0.316. The summed E-state index contributed by atoms with van der Waals surface area (Å²) in [4.78, 5) is 13.4. The van der Waals surface area contributed by atoms with Crippen LogP contribution in [0.25, 0.3) is 0 Å². The van der Waals surface area contributed by atoms with E-state index in [1.165, 1.54) is 28.6 Å². The molecule has 4 rings (SSSR count). The summed E-state index contributed by atoms with van der Waals surface area (Å²) in [5, 5.41) is 9.15. The minimum absolute atomic E-state index is 0.00738. The van der Waals surface area contributed by atoms with Crippen molar-refractivity contribution in [1.82, 2.24) is 0 Å². The Bertz CT molecular complexity index is 983. The molecule has 0 amide bonds. The molecule has 7 nitrogen and oxygen atoms in total. The van der Waals surface area contributed by atoms with Gasteiger partial charge in [-0.15, -0.1) is 0 Å². The van der Waals surface area contributed by atoms with Crippen molar-refractivity contribution in [2.75, 3.05) is 42.1 Å². The Morgan fingerprint density at radius 3 is 2.56 bits per heavy atom. The second kappa shape index (κ2) is 6.86. The van der Waals surface area contributed by atoms with Crippen molar-refractivity contribution in [3.8, 4) is 0 Å². The number of aromatic carboxylic acids is 1.